The van der Waals surface area contributed by atoms with Crippen molar-refractivity contribution in [2.75, 3.05) is 24.8 Å². The molecule has 1 atom stereocenters. The zero-order chi connectivity index (χ0) is 22.0. The molecule has 1 aliphatic rings. The maximum Gasteiger partial charge on any atom is 0.227 e. The molecule has 0 fully saturated rings. The molecule has 0 spiro atoms. The summed E-state index contributed by atoms with van der Waals surface area (Å²) in [7, 11) is -2.78. The van der Waals surface area contributed by atoms with Gasteiger partial charge in [0.25, 0.3) is 0 Å². The van der Waals surface area contributed by atoms with E-state index in [1.165, 1.54) is 24.5 Å². The largest absolute Gasteiger partial charge is 0.493 e. The second kappa shape index (κ2) is 8.46. The summed E-state index contributed by atoms with van der Waals surface area (Å²) in [6.07, 6.45) is 2.86. The Morgan fingerprint density at radius 1 is 1.13 bits per heavy atom. The molecular formula is C21H20F2N4O3S. The van der Waals surface area contributed by atoms with Crippen LogP contribution in [0, 0.1) is 16.4 Å². The van der Waals surface area contributed by atoms with Gasteiger partial charge in [0.1, 0.15) is 11.4 Å². The Bertz CT molecular complexity index is 1240. The van der Waals surface area contributed by atoms with E-state index in [-0.39, 0.29) is 29.8 Å². The van der Waals surface area contributed by atoms with Gasteiger partial charge in [-0.25, -0.2) is 23.0 Å². The van der Waals surface area contributed by atoms with Crippen molar-refractivity contribution in [3.63, 3.8) is 0 Å². The Balaban J connectivity index is 1.78. The highest BCUT2D eigenvalue weighted by molar-refractivity contribution is 7.90. The lowest BCUT2D eigenvalue weighted by Crippen LogP contribution is -2.07. The standard InChI is InChI=1S/C21H20F2N4O3S/c1-31(24,28)12-13-7-15-10-16(8-13)29-5-2-6-30-19-9-14(3-4-17(19)22)20-18(23)11-25-21(26-15)27-20/h3-4,7-11,24H,2,5-6,12H2,1H3,(H,25,26,27). The van der Waals surface area contributed by atoms with Crippen LogP contribution < -0.4 is 14.8 Å². The van der Waals surface area contributed by atoms with Crippen LogP contribution in [0.1, 0.15) is 12.0 Å². The summed E-state index contributed by atoms with van der Waals surface area (Å²) in [5.74, 6) is -0.572. The van der Waals surface area contributed by atoms with Crippen LogP contribution in [-0.2, 0) is 15.5 Å². The lowest BCUT2D eigenvalue weighted by molar-refractivity contribution is 0.241. The number of anilines is 2. The maximum atomic E-state index is 14.4. The first kappa shape index (κ1) is 21.0. The second-order valence-corrected chi connectivity index (χ2v) is 9.52. The van der Waals surface area contributed by atoms with E-state index in [4.69, 9.17) is 14.3 Å². The SMILES string of the molecule is CS(=N)(=O)Cc1cc2cc(c1)OCCCOc1cc(ccc1F)-c1nc(ncc1F)N2. The van der Waals surface area contributed by atoms with Crippen LogP contribution in [-0.4, -0.2) is 33.6 Å². The van der Waals surface area contributed by atoms with E-state index >= 15 is 0 Å². The van der Waals surface area contributed by atoms with Crippen LogP contribution >= 0.6 is 0 Å². The number of aromatic nitrogens is 2. The van der Waals surface area contributed by atoms with E-state index in [0.717, 1.165) is 6.20 Å². The predicted octanol–water partition coefficient (Wildman–Crippen LogP) is 4.50. The summed E-state index contributed by atoms with van der Waals surface area (Å²) in [6, 6.07) is 9.15. The van der Waals surface area contributed by atoms with E-state index in [1.54, 1.807) is 18.2 Å². The summed E-state index contributed by atoms with van der Waals surface area (Å²) in [4.78, 5) is 8.21. The predicted molar refractivity (Wildman–Crippen MR) is 113 cm³/mol. The van der Waals surface area contributed by atoms with Gasteiger partial charge in [-0.1, -0.05) is 0 Å². The molecule has 0 saturated carbocycles. The number of hydrogen-bond acceptors (Lipinski definition) is 7. The third-order valence-electron chi connectivity index (χ3n) is 4.43. The van der Waals surface area contributed by atoms with Gasteiger partial charge < -0.3 is 14.8 Å². The summed E-state index contributed by atoms with van der Waals surface area (Å²) in [5, 5.41) is 3.00. The summed E-state index contributed by atoms with van der Waals surface area (Å²) < 4.78 is 59.5. The molecule has 6 bridgehead atoms. The number of hydrogen-bond donors (Lipinski definition) is 2. The summed E-state index contributed by atoms with van der Waals surface area (Å²) in [5.41, 5.74) is 1.52. The molecular weight excluding hydrogens is 426 g/mol. The minimum absolute atomic E-state index is 0.00380. The lowest BCUT2D eigenvalue weighted by Gasteiger charge is -2.13. The topological polar surface area (TPSA) is 97.2 Å². The van der Waals surface area contributed by atoms with Gasteiger partial charge in [-0.2, -0.15) is 0 Å². The van der Waals surface area contributed by atoms with Crippen molar-refractivity contribution < 1.29 is 22.5 Å². The third kappa shape index (κ3) is 5.26. The van der Waals surface area contributed by atoms with Gasteiger partial charge in [0, 0.05) is 39.7 Å². The van der Waals surface area contributed by atoms with E-state index in [1.807, 2.05) is 0 Å². The van der Waals surface area contributed by atoms with Crippen LogP contribution in [0.25, 0.3) is 11.3 Å². The van der Waals surface area contributed by atoms with Crippen LogP contribution in [0.5, 0.6) is 11.5 Å². The van der Waals surface area contributed by atoms with Crippen LogP contribution in [0.15, 0.2) is 42.6 Å². The highest BCUT2D eigenvalue weighted by atomic mass is 32.2. The molecule has 0 aliphatic carbocycles. The number of rotatable bonds is 2. The van der Waals surface area contributed by atoms with Gasteiger partial charge in [0.2, 0.25) is 5.95 Å². The Morgan fingerprint density at radius 3 is 2.74 bits per heavy atom. The first-order valence-corrected chi connectivity index (χ1v) is 11.6. The van der Waals surface area contributed by atoms with Crippen molar-refractivity contribution in [2.24, 2.45) is 0 Å². The number of fused-ring (bicyclic) bond motifs is 7. The Kier molecular flexibility index (Phi) is 5.73. The normalized spacial score (nSPS) is 15.3. The molecule has 31 heavy (non-hydrogen) atoms. The van der Waals surface area contributed by atoms with Gasteiger partial charge in [-0.3, -0.25) is 4.78 Å². The molecule has 10 heteroatoms. The highest BCUT2D eigenvalue weighted by Crippen LogP contribution is 2.29. The number of benzene rings is 2. The van der Waals surface area contributed by atoms with Crippen molar-refractivity contribution in [3.8, 4) is 22.8 Å². The molecule has 2 N–H and O–H groups in total. The molecule has 162 valence electrons. The molecule has 0 saturated heterocycles. The average molecular weight is 446 g/mol. The average Bonchev–Trinajstić information content (AvgIpc) is 2.69. The first-order chi connectivity index (χ1) is 14.8. The molecule has 7 nitrogen and oxygen atoms in total. The molecule has 0 amide bonds. The van der Waals surface area contributed by atoms with Gasteiger partial charge in [0.15, 0.2) is 17.4 Å². The van der Waals surface area contributed by atoms with Crippen molar-refractivity contribution in [1.29, 1.82) is 4.78 Å². The van der Waals surface area contributed by atoms with Gasteiger partial charge in [-0.15, -0.1) is 0 Å². The minimum Gasteiger partial charge on any atom is -0.493 e. The third-order valence-corrected chi connectivity index (χ3v) is 5.31. The van der Waals surface area contributed by atoms with Crippen LogP contribution in [0.4, 0.5) is 20.4 Å². The van der Waals surface area contributed by atoms with Crippen LogP contribution in [0.3, 0.4) is 0 Å². The Hall–Kier alpha value is -3.27. The van der Waals surface area contributed by atoms with Crippen molar-refractivity contribution in [3.05, 3.63) is 59.8 Å². The van der Waals surface area contributed by atoms with Crippen LogP contribution in [0.2, 0.25) is 0 Å². The Morgan fingerprint density at radius 2 is 1.94 bits per heavy atom. The lowest BCUT2D eigenvalue weighted by atomic mass is 10.1. The molecule has 2 aromatic carbocycles. The summed E-state index contributed by atoms with van der Waals surface area (Å²) in [6.45, 7) is 0.490. The highest BCUT2D eigenvalue weighted by Gasteiger charge is 2.15. The van der Waals surface area contributed by atoms with Crippen molar-refractivity contribution in [1.82, 2.24) is 9.97 Å². The fourth-order valence-electron chi connectivity index (χ4n) is 3.17. The monoisotopic (exact) mass is 446 g/mol. The molecule has 3 aromatic rings. The molecule has 4 rings (SSSR count). The molecule has 1 aliphatic heterocycles. The van der Waals surface area contributed by atoms with Crippen molar-refractivity contribution in [2.45, 2.75) is 12.2 Å². The van der Waals surface area contributed by atoms with Gasteiger partial charge in [0.05, 0.1) is 25.2 Å². The van der Waals surface area contributed by atoms with Gasteiger partial charge >= 0.3 is 0 Å². The number of halogens is 2. The zero-order valence-corrected chi connectivity index (χ0v) is 17.5. The zero-order valence-electron chi connectivity index (χ0n) is 16.7. The second-order valence-electron chi connectivity index (χ2n) is 7.23. The summed E-state index contributed by atoms with van der Waals surface area (Å²) >= 11 is 0. The fourth-order valence-corrected chi connectivity index (χ4v) is 3.97. The molecule has 1 unspecified atom stereocenters. The quantitative estimate of drug-likeness (QED) is 0.602. The number of ether oxygens (including phenoxy) is 2. The smallest absolute Gasteiger partial charge is 0.227 e. The maximum absolute atomic E-state index is 14.4. The van der Waals surface area contributed by atoms with E-state index in [0.29, 0.717) is 35.6 Å². The van der Waals surface area contributed by atoms with Crippen molar-refractivity contribution >= 4 is 21.4 Å². The van der Waals surface area contributed by atoms with E-state index < -0.39 is 21.4 Å². The number of nitrogens with one attached hydrogen (secondary N) is 2. The molecule has 0 radical (unpaired) electrons. The van der Waals surface area contributed by atoms with Gasteiger partial charge in [-0.05, 0) is 35.9 Å². The number of nitrogens with zero attached hydrogens (tertiary/aromatic N) is 2. The fraction of sp³-hybridized carbons (Fsp3) is 0.238. The van der Waals surface area contributed by atoms with E-state index in [2.05, 4.69) is 15.3 Å². The Labute approximate surface area is 178 Å². The molecule has 2 heterocycles. The van der Waals surface area contributed by atoms with E-state index in [9.17, 15) is 13.0 Å². The first-order valence-electron chi connectivity index (χ1n) is 9.47. The minimum atomic E-state index is -2.78. The molecule has 1 aromatic heterocycles.